The molecule has 0 aliphatic carbocycles. The summed E-state index contributed by atoms with van der Waals surface area (Å²) in [6, 6.07) is 7.02. The van der Waals surface area contributed by atoms with Crippen molar-refractivity contribution in [2.45, 2.75) is 26.4 Å². The van der Waals surface area contributed by atoms with E-state index in [1.54, 1.807) is 31.2 Å². The molecule has 0 aliphatic heterocycles. The van der Waals surface area contributed by atoms with E-state index in [0.717, 1.165) is 5.69 Å². The minimum atomic E-state index is -0.639. The van der Waals surface area contributed by atoms with Crippen LogP contribution in [0.25, 0.3) is 0 Å². The summed E-state index contributed by atoms with van der Waals surface area (Å²) in [5, 5.41) is 12.3. The highest BCUT2D eigenvalue weighted by molar-refractivity contribution is 5.90. The number of benzene rings is 1. The molecule has 1 aromatic rings. The predicted octanol–water partition coefficient (Wildman–Crippen LogP) is 1.81. The second-order valence-electron chi connectivity index (χ2n) is 4.05. The standard InChI is InChI=1S/C14H21NO4/c1-3-14(17)15-11-5-7-13(8-6-11)19-10-12(16)9-18-4-2/h5-8,12,16H,3-4,9-10H2,1-2H3,(H,15,17). The molecule has 0 spiro atoms. The van der Waals surface area contributed by atoms with Gasteiger partial charge >= 0.3 is 0 Å². The lowest BCUT2D eigenvalue weighted by Crippen LogP contribution is -2.23. The van der Waals surface area contributed by atoms with Gasteiger partial charge in [-0.05, 0) is 31.2 Å². The Morgan fingerprint density at radius 2 is 1.95 bits per heavy atom. The molecule has 0 aromatic heterocycles. The molecule has 5 heteroatoms. The lowest BCUT2D eigenvalue weighted by molar-refractivity contribution is -0.115. The zero-order chi connectivity index (χ0) is 14.1. The molecule has 0 saturated heterocycles. The number of carbonyl (C=O) groups is 1. The lowest BCUT2D eigenvalue weighted by atomic mass is 10.3. The van der Waals surface area contributed by atoms with E-state index in [-0.39, 0.29) is 19.1 Å². The van der Waals surface area contributed by atoms with Gasteiger partial charge < -0.3 is 19.9 Å². The Labute approximate surface area is 113 Å². The van der Waals surface area contributed by atoms with Crippen molar-refractivity contribution in [1.82, 2.24) is 0 Å². The van der Waals surface area contributed by atoms with E-state index >= 15 is 0 Å². The monoisotopic (exact) mass is 267 g/mol. The average Bonchev–Trinajstić information content (AvgIpc) is 2.44. The van der Waals surface area contributed by atoms with Crippen LogP contribution in [0, 0.1) is 0 Å². The topological polar surface area (TPSA) is 67.8 Å². The van der Waals surface area contributed by atoms with Crippen molar-refractivity contribution in [2.75, 3.05) is 25.1 Å². The van der Waals surface area contributed by atoms with Gasteiger partial charge in [-0.15, -0.1) is 0 Å². The van der Waals surface area contributed by atoms with E-state index in [1.165, 1.54) is 0 Å². The van der Waals surface area contributed by atoms with Crippen molar-refractivity contribution < 1.29 is 19.4 Å². The molecule has 0 bridgehead atoms. The number of nitrogens with one attached hydrogen (secondary N) is 1. The lowest BCUT2D eigenvalue weighted by Gasteiger charge is -2.12. The second-order valence-corrected chi connectivity index (χ2v) is 4.05. The molecular weight excluding hydrogens is 246 g/mol. The van der Waals surface area contributed by atoms with Gasteiger partial charge in [-0.25, -0.2) is 0 Å². The first-order chi connectivity index (χ1) is 9.15. The molecule has 19 heavy (non-hydrogen) atoms. The minimum Gasteiger partial charge on any atom is -0.491 e. The molecule has 1 atom stereocenters. The molecule has 0 aliphatic rings. The van der Waals surface area contributed by atoms with Crippen LogP contribution in [-0.4, -0.2) is 36.9 Å². The Balaban J connectivity index is 2.37. The van der Waals surface area contributed by atoms with E-state index in [4.69, 9.17) is 9.47 Å². The molecule has 0 radical (unpaired) electrons. The first-order valence-electron chi connectivity index (χ1n) is 6.44. The molecule has 0 fully saturated rings. The number of carbonyl (C=O) groups excluding carboxylic acids is 1. The largest absolute Gasteiger partial charge is 0.491 e. The van der Waals surface area contributed by atoms with E-state index in [1.807, 2.05) is 6.92 Å². The first kappa shape index (κ1) is 15.5. The SMILES string of the molecule is CCOCC(O)COc1ccc(NC(=O)CC)cc1. The maximum Gasteiger partial charge on any atom is 0.224 e. The molecule has 1 amide bonds. The number of ether oxygens (including phenoxy) is 2. The number of hydrogen-bond acceptors (Lipinski definition) is 4. The van der Waals surface area contributed by atoms with Gasteiger partial charge in [0.25, 0.3) is 0 Å². The summed E-state index contributed by atoms with van der Waals surface area (Å²) in [6.07, 6.45) is -0.193. The number of amides is 1. The molecular formula is C14H21NO4. The van der Waals surface area contributed by atoms with Crippen molar-refractivity contribution in [3.05, 3.63) is 24.3 Å². The predicted molar refractivity (Wildman–Crippen MR) is 73.4 cm³/mol. The van der Waals surface area contributed by atoms with Gasteiger partial charge in [-0.1, -0.05) is 6.92 Å². The fraction of sp³-hybridized carbons (Fsp3) is 0.500. The summed E-state index contributed by atoms with van der Waals surface area (Å²) in [5.74, 6) is 0.617. The summed E-state index contributed by atoms with van der Waals surface area (Å²) >= 11 is 0. The smallest absolute Gasteiger partial charge is 0.224 e. The van der Waals surface area contributed by atoms with Gasteiger partial charge in [0.2, 0.25) is 5.91 Å². The molecule has 0 heterocycles. The van der Waals surface area contributed by atoms with Crippen molar-refractivity contribution in [3.8, 4) is 5.75 Å². The van der Waals surface area contributed by atoms with Crippen molar-refractivity contribution >= 4 is 11.6 Å². The third-order valence-electron chi connectivity index (χ3n) is 2.42. The zero-order valence-electron chi connectivity index (χ0n) is 11.4. The van der Waals surface area contributed by atoms with Crippen LogP contribution in [0.4, 0.5) is 5.69 Å². The van der Waals surface area contributed by atoms with Gasteiger partial charge in [0.15, 0.2) is 0 Å². The van der Waals surface area contributed by atoms with E-state index in [2.05, 4.69) is 5.32 Å². The fourth-order valence-corrected chi connectivity index (χ4v) is 1.38. The van der Waals surface area contributed by atoms with Crippen LogP contribution >= 0.6 is 0 Å². The molecule has 106 valence electrons. The quantitative estimate of drug-likeness (QED) is 0.754. The number of aliphatic hydroxyl groups excluding tert-OH is 1. The van der Waals surface area contributed by atoms with Crippen molar-refractivity contribution in [3.63, 3.8) is 0 Å². The van der Waals surface area contributed by atoms with Crippen LogP contribution in [-0.2, 0) is 9.53 Å². The highest BCUT2D eigenvalue weighted by atomic mass is 16.5. The Bertz CT molecular complexity index is 378. The normalized spacial score (nSPS) is 11.9. The zero-order valence-corrected chi connectivity index (χ0v) is 11.4. The third-order valence-corrected chi connectivity index (χ3v) is 2.42. The number of rotatable bonds is 8. The Hall–Kier alpha value is -1.59. The van der Waals surface area contributed by atoms with Crippen LogP contribution in [0.1, 0.15) is 20.3 Å². The van der Waals surface area contributed by atoms with Gasteiger partial charge in [0, 0.05) is 18.7 Å². The van der Waals surface area contributed by atoms with Gasteiger partial charge in [0.05, 0.1) is 6.61 Å². The highest BCUT2D eigenvalue weighted by Crippen LogP contribution is 2.16. The number of anilines is 1. The van der Waals surface area contributed by atoms with Crippen LogP contribution in [0.2, 0.25) is 0 Å². The molecule has 1 rings (SSSR count). The average molecular weight is 267 g/mol. The summed E-state index contributed by atoms with van der Waals surface area (Å²) in [4.78, 5) is 11.2. The number of hydrogen-bond donors (Lipinski definition) is 2. The second kappa shape index (κ2) is 8.50. The van der Waals surface area contributed by atoms with Crippen LogP contribution in [0.15, 0.2) is 24.3 Å². The Morgan fingerprint density at radius 1 is 1.26 bits per heavy atom. The molecule has 1 unspecified atom stereocenters. The molecule has 2 N–H and O–H groups in total. The van der Waals surface area contributed by atoms with E-state index in [0.29, 0.717) is 18.8 Å². The van der Waals surface area contributed by atoms with Crippen LogP contribution in [0.3, 0.4) is 0 Å². The molecule has 5 nitrogen and oxygen atoms in total. The summed E-state index contributed by atoms with van der Waals surface area (Å²) < 4.78 is 10.5. The summed E-state index contributed by atoms with van der Waals surface area (Å²) in [7, 11) is 0. The maximum absolute atomic E-state index is 11.2. The summed E-state index contributed by atoms with van der Waals surface area (Å²) in [5.41, 5.74) is 0.731. The van der Waals surface area contributed by atoms with Gasteiger partial charge in [0.1, 0.15) is 18.5 Å². The third kappa shape index (κ3) is 6.22. The summed E-state index contributed by atoms with van der Waals surface area (Å²) in [6.45, 7) is 4.69. The molecule has 0 saturated carbocycles. The van der Waals surface area contributed by atoms with Gasteiger partial charge in [-0.2, -0.15) is 0 Å². The fourth-order valence-electron chi connectivity index (χ4n) is 1.38. The Kier molecular flexibility index (Phi) is 6.92. The van der Waals surface area contributed by atoms with E-state index < -0.39 is 6.10 Å². The maximum atomic E-state index is 11.2. The van der Waals surface area contributed by atoms with Crippen LogP contribution in [0.5, 0.6) is 5.75 Å². The highest BCUT2D eigenvalue weighted by Gasteiger charge is 2.05. The van der Waals surface area contributed by atoms with Gasteiger partial charge in [-0.3, -0.25) is 4.79 Å². The van der Waals surface area contributed by atoms with E-state index in [9.17, 15) is 9.90 Å². The number of aliphatic hydroxyl groups is 1. The van der Waals surface area contributed by atoms with Crippen LogP contribution < -0.4 is 10.1 Å². The minimum absolute atomic E-state index is 0.0270. The molecule has 1 aromatic carbocycles. The van der Waals surface area contributed by atoms with Crippen molar-refractivity contribution in [1.29, 1.82) is 0 Å². The van der Waals surface area contributed by atoms with Crippen molar-refractivity contribution in [2.24, 2.45) is 0 Å². The Morgan fingerprint density at radius 3 is 2.53 bits per heavy atom. The first-order valence-corrected chi connectivity index (χ1v) is 6.44.